The third-order valence-corrected chi connectivity index (χ3v) is 5.86. The highest BCUT2D eigenvalue weighted by Crippen LogP contribution is 2.29. The lowest BCUT2D eigenvalue weighted by Crippen LogP contribution is -2.43. The van der Waals surface area contributed by atoms with Gasteiger partial charge < -0.3 is 5.11 Å². The van der Waals surface area contributed by atoms with Crippen LogP contribution < -0.4 is 0 Å². The van der Waals surface area contributed by atoms with Crippen LogP contribution in [0.1, 0.15) is 38.2 Å². The predicted octanol–water partition coefficient (Wildman–Crippen LogP) is 2.27. The van der Waals surface area contributed by atoms with Gasteiger partial charge in [0.05, 0.1) is 11.5 Å². The lowest BCUT2D eigenvalue weighted by atomic mass is 10.0. The summed E-state index contributed by atoms with van der Waals surface area (Å²) in [5, 5.41) is 9.29. The van der Waals surface area contributed by atoms with Gasteiger partial charge in [0.1, 0.15) is 5.82 Å². The number of halogens is 1. The number of aliphatic hydroxyl groups is 1. The van der Waals surface area contributed by atoms with Crippen LogP contribution in [0.4, 0.5) is 4.39 Å². The maximum Gasteiger partial charge on any atom is 0.243 e. The number of hydrogen-bond donors (Lipinski definition) is 1. The maximum absolute atomic E-state index is 13.4. The van der Waals surface area contributed by atoms with Gasteiger partial charge in [-0.25, -0.2) is 12.8 Å². The zero-order valence-electron chi connectivity index (χ0n) is 11.5. The molecule has 1 unspecified atom stereocenters. The van der Waals surface area contributed by atoms with Gasteiger partial charge in [0.2, 0.25) is 10.0 Å². The van der Waals surface area contributed by atoms with E-state index in [9.17, 15) is 17.9 Å². The third kappa shape index (κ3) is 2.87. The highest BCUT2D eigenvalue weighted by molar-refractivity contribution is 7.89. The molecule has 1 N–H and O–H groups in total. The summed E-state index contributed by atoms with van der Waals surface area (Å²) >= 11 is 0. The monoisotopic (exact) mass is 301 g/mol. The first-order valence-electron chi connectivity index (χ1n) is 6.91. The van der Waals surface area contributed by atoms with Gasteiger partial charge in [-0.05, 0) is 37.0 Å². The molecule has 6 heteroatoms. The van der Waals surface area contributed by atoms with Gasteiger partial charge in [0.15, 0.2) is 0 Å². The van der Waals surface area contributed by atoms with E-state index in [1.165, 1.54) is 10.4 Å². The molecule has 1 fully saturated rings. The fraction of sp³-hybridized carbons (Fsp3) is 0.571. The molecule has 0 aromatic heterocycles. The van der Waals surface area contributed by atoms with Crippen molar-refractivity contribution in [3.8, 4) is 0 Å². The van der Waals surface area contributed by atoms with E-state index < -0.39 is 22.4 Å². The zero-order valence-corrected chi connectivity index (χ0v) is 12.4. The second kappa shape index (κ2) is 6.20. The van der Waals surface area contributed by atoms with Gasteiger partial charge in [0, 0.05) is 12.6 Å². The molecule has 0 amide bonds. The van der Waals surface area contributed by atoms with Gasteiger partial charge >= 0.3 is 0 Å². The number of nitrogens with zero attached hydrogens (tertiary/aromatic N) is 1. The molecule has 2 rings (SSSR count). The van der Waals surface area contributed by atoms with Crippen molar-refractivity contribution in [1.29, 1.82) is 0 Å². The van der Waals surface area contributed by atoms with E-state index in [1.807, 2.05) is 6.92 Å². The van der Waals surface area contributed by atoms with Crippen molar-refractivity contribution < 1.29 is 17.9 Å². The first-order valence-corrected chi connectivity index (χ1v) is 8.35. The van der Waals surface area contributed by atoms with E-state index in [4.69, 9.17) is 0 Å². The third-order valence-electron chi connectivity index (χ3n) is 3.83. The summed E-state index contributed by atoms with van der Waals surface area (Å²) in [5.41, 5.74) is 0.242. The van der Waals surface area contributed by atoms with Crippen LogP contribution in [-0.2, 0) is 16.6 Å². The summed E-state index contributed by atoms with van der Waals surface area (Å²) in [6.07, 6.45) is 3.41. The molecule has 20 heavy (non-hydrogen) atoms. The minimum atomic E-state index is -3.76. The first-order chi connectivity index (χ1) is 9.50. The van der Waals surface area contributed by atoms with Crippen LogP contribution in [0.5, 0.6) is 0 Å². The molecule has 1 aromatic rings. The number of hydrogen-bond acceptors (Lipinski definition) is 3. The van der Waals surface area contributed by atoms with Gasteiger partial charge in [-0.3, -0.25) is 0 Å². The quantitative estimate of drug-likeness (QED) is 0.928. The van der Waals surface area contributed by atoms with Crippen molar-refractivity contribution in [1.82, 2.24) is 4.31 Å². The summed E-state index contributed by atoms with van der Waals surface area (Å²) in [4.78, 5) is -0.111. The molecule has 1 aliphatic heterocycles. The van der Waals surface area contributed by atoms with Crippen LogP contribution in [0.3, 0.4) is 0 Å². The molecule has 0 aliphatic carbocycles. The van der Waals surface area contributed by atoms with E-state index in [1.54, 1.807) is 0 Å². The second-order valence-electron chi connectivity index (χ2n) is 5.08. The topological polar surface area (TPSA) is 57.6 Å². The summed E-state index contributed by atoms with van der Waals surface area (Å²) in [6.45, 7) is 2.00. The van der Waals surface area contributed by atoms with Crippen LogP contribution >= 0.6 is 0 Å². The average Bonchev–Trinajstić information content (AvgIpc) is 2.47. The van der Waals surface area contributed by atoms with Crippen molar-refractivity contribution in [2.45, 2.75) is 50.2 Å². The van der Waals surface area contributed by atoms with Crippen molar-refractivity contribution in [2.75, 3.05) is 6.54 Å². The van der Waals surface area contributed by atoms with E-state index in [2.05, 4.69) is 0 Å². The Morgan fingerprint density at radius 1 is 1.40 bits per heavy atom. The number of rotatable bonds is 4. The molecule has 1 heterocycles. The fourth-order valence-electron chi connectivity index (χ4n) is 2.72. The Morgan fingerprint density at radius 2 is 2.15 bits per heavy atom. The van der Waals surface area contributed by atoms with Crippen LogP contribution in [0, 0.1) is 5.82 Å². The number of aliphatic hydroxyl groups excluding tert-OH is 1. The molecular weight excluding hydrogens is 281 g/mol. The van der Waals surface area contributed by atoms with Crippen molar-refractivity contribution in [3.63, 3.8) is 0 Å². The fourth-order valence-corrected chi connectivity index (χ4v) is 4.72. The lowest BCUT2D eigenvalue weighted by Gasteiger charge is -2.34. The Balaban J connectivity index is 2.46. The summed E-state index contributed by atoms with van der Waals surface area (Å²) in [5.74, 6) is -0.606. The Hall–Kier alpha value is -0.980. The van der Waals surface area contributed by atoms with Crippen LogP contribution in [0.2, 0.25) is 0 Å². The van der Waals surface area contributed by atoms with Crippen LogP contribution in [-0.4, -0.2) is 30.4 Å². The molecule has 0 radical (unpaired) electrons. The molecule has 1 aromatic carbocycles. The van der Waals surface area contributed by atoms with E-state index in [0.717, 1.165) is 37.8 Å². The first kappa shape index (κ1) is 15.4. The standard InChI is InChI=1S/C14H20FNO3S/c1-2-13-5-3-4-8-16(13)20(18,19)14-9-12(15)7-6-11(14)10-17/h6-7,9,13,17H,2-5,8,10H2,1H3. The number of sulfonamides is 1. The maximum atomic E-state index is 13.4. The molecule has 1 aliphatic rings. The zero-order chi connectivity index (χ0) is 14.8. The summed E-state index contributed by atoms with van der Waals surface area (Å²) < 4.78 is 40.3. The Kier molecular flexibility index (Phi) is 4.78. The second-order valence-corrected chi connectivity index (χ2v) is 6.94. The molecular formula is C14H20FNO3S. The van der Waals surface area contributed by atoms with Crippen LogP contribution in [0.25, 0.3) is 0 Å². The molecule has 1 atom stereocenters. The molecule has 4 nitrogen and oxygen atoms in total. The molecule has 0 bridgehead atoms. The van der Waals surface area contributed by atoms with Crippen molar-refractivity contribution >= 4 is 10.0 Å². The minimum absolute atomic E-state index is 0.0384. The number of benzene rings is 1. The summed E-state index contributed by atoms with van der Waals surface area (Å²) in [7, 11) is -3.76. The Labute approximate surface area is 119 Å². The number of piperidine rings is 1. The normalized spacial score (nSPS) is 21.1. The molecule has 112 valence electrons. The van der Waals surface area contributed by atoms with E-state index in [-0.39, 0.29) is 16.5 Å². The molecule has 0 spiro atoms. The largest absolute Gasteiger partial charge is 0.392 e. The lowest BCUT2D eigenvalue weighted by molar-refractivity contribution is 0.244. The van der Waals surface area contributed by atoms with Crippen LogP contribution in [0.15, 0.2) is 23.1 Å². The molecule has 1 saturated heterocycles. The molecule has 0 saturated carbocycles. The van der Waals surface area contributed by atoms with Crippen molar-refractivity contribution in [2.24, 2.45) is 0 Å². The van der Waals surface area contributed by atoms with Gasteiger partial charge in [0.25, 0.3) is 0 Å². The minimum Gasteiger partial charge on any atom is -0.392 e. The van der Waals surface area contributed by atoms with Gasteiger partial charge in [-0.15, -0.1) is 0 Å². The van der Waals surface area contributed by atoms with Crippen molar-refractivity contribution in [3.05, 3.63) is 29.6 Å². The SMILES string of the molecule is CCC1CCCCN1S(=O)(=O)c1cc(F)ccc1CO. The average molecular weight is 301 g/mol. The Morgan fingerprint density at radius 3 is 2.80 bits per heavy atom. The Bertz CT molecular complexity index is 574. The highest BCUT2D eigenvalue weighted by atomic mass is 32.2. The van der Waals surface area contributed by atoms with E-state index >= 15 is 0 Å². The van der Waals surface area contributed by atoms with Gasteiger partial charge in [-0.1, -0.05) is 19.4 Å². The summed E-state index contributed by atoms with van der Waals surface area (Å²) in [6, 6.07) is 3.46. The highest BCUT2D eigenvalue weighted by Gasteiger charge is 2.33. The van der Waals surface area contributed by atoms with E-state index in [0.29, 0.717) is 6.54 Å². The van der Waals surface area contributed by atoms with Gasteiger partial charge in [-0.2, -0.15) is 4.31 Å². The predicted molar refractivity (Wildman–Crippen MR) is 74.1 cm³/mol. The smallest absolute Gasteiger partial charge is 0.243 e.